The largest absolute Gasteiger partial charge is 0.492 e. The number of nitrogens with zero attached hydrogens (tertiary/aromatic N) is 7. The van der Waals surface area contributed by atoms with Crippen molar-refractivity contribution >= 4 is 78.9 Å². The standard InChI is InChI=1S/C65H74ClN11O10S/c1-65(2)22-20-45(53(37-65)43-8-10-46(66)11-9-43)40-73-26-30-75(31-27-73)48-14-16-52(59(35-48)87-49-34-44-21-23-67-61(44)69-39-49)62(79)71-88(84,85)50-15-17-55(57(36-50)77(82)83)68-38-42-6-12-47(13-7-42)74-28-24-72(25-29-74)32-33-86-58-5-3-4-51-54(58)41-76(64(51)81)56-18-19-60(78)70-63(56)80/h3-5,8-11,14-17,21,23,34-36,39,42,47,56,68H,6-7,12-13,18-20,22,24-33,37-38,40-41H2,1-2H3,(H,67,69)(H,71,79)(H,70,78,80)/t42-,47-,56?. The predicted molar refractivity (Wildman–Crippen MR) is 335 cm³/mol. The van der Waals surface area contributed by atoms with Gasteiger partial charge in [0.1, 0.15) is 41.2 Å². The van der Waals surface area contributed by atoms with Gasteiger partial charge in [0.05, 0.1) is 28.1 Å². The molecular weight excluding hydrogens is 1160 g/mol. The summed E-state index contributed by atoms with van der Waals surface area (Å²) in [5.41, 5.74) is 6.73. The molecule has 4 N–H and O–H groups in total. The highest BCUT2D eigenvalue weighted by molar-refractivity contribution is 7.90. The van der Waals surface area contributed by atoms with E-state index in [9.17, 15) is 37.7 Å². The minimum atomic E-state index is -4.63. The number of piperidine rings is 1. The molecule has 4 aromatic carbocycles. The number of amides is 4. The van der Waals surface area contributed by atoms with Crippen molar-refractivity contribution in [3.8, 4) is 17.2 Å². The van der Waals surface area contributed by atoms with Crippen LogP contribution in [0.4, 0.5) is 17.1 Å². The number of pyridine rings is 1. The molecule has 3 saturated heterocycles. The SMILES string of the molecule is CC1(C)CCC(CN2CCN(c3ccc(C(=O)NS(=O)(=O)c4ccc(NC[C@H]5CC[C@H](N6CCN(CCOc7cccc8c7CN(C7CCC(=O)NC7=O)C8=O)CC6)CC5)c([N+](=O)[O-])c4)c(Oc4cnc5[nH]ccc5c4)c3)CC2)=C(c2ccc(Cl)cc2)C1. The molecule has 4 aliphatic heterocycles. The van der Waals surface area contributed by atoms with Crippen LogP contribution in [0.3, 0.4) is 0 Å². The van der Waals surface area contributed by atoms with E-state index in [0.29, 0.717) is 61.4 Å². The van der Waals surface area contributed by atoms with E-state index >= 15 is 0 Å². The number of sulfonamides is 1. The van der Waals surface area contributed by atoms with Gasteiger partial charge in [-0.05, 0) is 134 Å². The van der Waals surface area contributed by atoms with Gasteiger partial charge in [0, 0.05) is 130 Å². The zero-order valence-corrected chi connectivity index (χ0v) is 51.2. The van der Waals surface area contributed by atoms with E-state index < -0.39 is 43.4 Å². The molecule has 6 aromatic rings. The maximum absolute atomic E-state index is 14.2. The summed E-state index contributed by atoms with van der Waals surface area (Å²) in [6.07, 6.45) is 10.8. The van der Waals surface area contributed by atoms with Crippen LogP contribution in [0.1, 0.15) is 103 Å². The normalized spacial score (nSPS) is 21.3. The molecule has 21 nitrogen and oxygen atoms in total. The average molecular weight is 1240 g/mol. The van der Waals surface area contributed by atoms with E-state index in [1.54, 1.807) is 42.6 Å². The molecule has 2 aliphatic carbocycles. The lowest BCUT2D eigenvalue weighted by molar-refractivity contribution is -0.384. The van der Waals surface area contributed by atoms with Gasteiger partial charge in [0.15, 0.2) is 0 Å². The van der Waals surface area contributed by atoms with Crippen LogP contribution in [0.15, 0.2) is 114 Å². The summed E-state index contributed by atoms with van der Waals surface area (Å²) in [5, 5.41) is 19.6. The van der Waals surface area contributed by atoms with Crippen molar-refractivity contribution in [1.29, 1.82) is 0 Å². The van der Waals surface area contributed by atoms with Gasteiger partial charge >= 0.3 is 0 Å². The Balaban J connectivity index is 0.632. The van der Waals surface area contributed by atoms with Crippen LogP contribution in [0, 0.1) is 21.4 Å². The zero-order valence-electron chi connectivity index (χ0n) is 49.6. The molecule has 0 bridgehead atoms. The summed E-state index contributed by atoms with van der Waals surface area (Å²) in [6.45, 7) is 14.1. The number of aromatic amines is 1. The lowest BCUT2D eigenvalue weighted by atomic mass is 9.72. The van der Waals surface area contributed by atoms with Crippen molar-refractivity contribution in [3.63, 3.8) is 0 Å². The molecule has 0 spiro atoms. The predicted octanol–water partition coefficient (Wildman–Crippen LogP) is 9.25. The third-order valence-electron chi connectivity index (χ3n) is 18.6. The minimum absolute atomic E-state index is 0.0509. The molecule has 462 valence electrons. The Hall–Kier alpha value is -7.89. The number of anilines is 2. The first-order chi connectivity index (χ1) is 42.4. The van der Waals surface area contributed by atoms with Crippen molar-refractivity contribution in [2.45, 2.75) is 95.2 Å². The number of carbonyl (C=O) groups excluding carboxylic acids is 4. The van der Waals surface area contributed by atoms with E-state index in [0.717, 1.165) is 125 Å². The summed E-state index contributed by atoms with van der Waals surface area (Å²) in [4.78, 5) is 81.9. The van der Waals surface area contributed by atoms with Crippen molar-refractivity contribution in [3.05, 3.63) is 146 Å². The van der Waals surface area contributed by atoms with Crippen LogP contribution in [-0.2, 0) is 26.2 Å². The fourth-order valence-corrected chi connectivity index (χ4v) is 14.6. The molecule has 1 saturated carbocycles. The zero-order chi connectivity index (χ0) is 61.3. The second kappa shape index (κ2) is 25.7. The first kappa shape index (κ1) is 60.4. The van der Waals surface area contributed by atoms with Gasteiger partial charge in [0.2, 0.25) is 11.8 Å². The number of nitro groups is 1. The number of hydrogen-bond acceptors (Lipinski definition) is 16. The number of piperazine rings is 2. The van der Waals surface area contributed by atoms with Gasteiger partial charge < -0.3 is 29.6 Å². The highest BCUT2D eigenvalue weighted by Gasteiger charge is 2.41. The number of ether oxygens (including phenoxy) is 2. The van der Waals surface area contributed by atoms with Crippen molar-refractivity contribution in [2.24, 2.45) is 11.3 Å². The molecule has 1 atom stereocenters. The van der Waals surface area contributed by atoms with Gasteiger partial charge in [-0.2, -0.15) is 0 Å². The Morgan fingerprint density at radius 3 is 2.40 bits per heavy atom. The van der Waals surface area contributed by atoms with Crippen molar-refractivity contribution < 1.29 is 42.0 Å². The number of rotatable bonds is 19. The Kier molecular flexibility index (Phi) is 17.6. The van der Waals surface area contributed by atoms with Crippen LogP contribution in [-0.4, -0.2) is 157 Å². The van der Waals surface area contributed by atoms with Crippen molar-refractivity contribution in [1.82, 2.24) is 39.6 Å². The van der Waals surface area contributed by atoms with Gasteiger partial charge in [-0.3, -0.25) is 49.3 Å². The van der Waals surface area contributed by atoms with E-state index in [-0.39, 0.29) is 53.1 Å². The smallest absolute Gasteiger partial charge is 0.293 e. The number of nitrogens with one attached hydrogen (secondary N) is 4. The second-order valence-corrected chi connectivity index (χ2v) is 27.0. The Labute approximate surface area is 516 Å². The van der Waals surface area contributed by atoms with Gasteiger partial charge in [0.25, 0.3) is 27.5 Å². The molecule has 6 heterocycles. The molecule has 1 unspecified atom stereocenters. The van der Waals surface area contributed by atoms with Crippen LogP contribution >= 0.6 is 11.6 Å². The van der Waals surface area contributed by atoms with E-state index in [4.69, 9.17) is 21.1 Å². The number of aromatic nitrogens is 2. The number of hydrogen-bond donors (Lipinski definition) is 4. The van der Waals surface area contributed by atoms with E-state index in [2.05, 4.69) is 70.9 Å². The van der Waals surface area contributed by atoms with Crippen LogP contribution in [0.2, 0.25) is 5.02 Å². The Morgan fingerprint density at radius 2 is 1.64 bits per heavy atom. The number of H-pyrrole nitrogens is 1. The summed E-state index contributed by atoms with van der Waals surface area (Å²) in [6, 6.07) is 25.6. The Bertz CT molecular complexity index is 3790. The summed E-state index contributed by atoms with van der Waals surface area (Å²) >= 11 is 6.28. The fraction of sp³-hybridized carbons (Fsp3) is 0.431. The molecule has 12 rings (SSSR count). The average Bonchev–Trinajstić information content (AvgIpc) is 2.66. The van der Waals surface area contributed by atoms with Gasteiger partial charge in [-0.1, -0.05) is 49.2 Å². The third kappa shape index (κ3) is 13.6. The third-order valence-corrected chi connectivity index (χ3v) is 20.2. The number of allylic oxidation sites excluding steroid dienone is 1. The maximum Gasteiger partial charge on any atom is 0.293 e. The summed E-state index contributed by atoms with van der Waals surface area (Å²) < 4.78 is 42.8. The summed E-state index contributed by atoms with van der Waals surface area (Å²) in [5.74, 6) is -0.628. The molecule has 2 aromatic heterocycles. The second-order valence-electron chi connectivity index (χ2n) is 24.9. The van der Waals surface area contributed by atoms with Gasteiger partial charge in [-0.15, -0.1) is 0 Å². The molecule has 4 amide bonds. The topological polar surface area (TPSA) is 245 Å². The van der Waals surface area contributed by atoms with E-state index in [1.807, 2.05) is 24.3 Å². The van der Waals surface area contributed by atoms with Crippen LogP contribution in [0.25, 0.3) is 16.6 Å². The van der Waals surface area contributed by atoms with E-state index in [1.165, 1.54) is 39.9 Å². The monoisotopic (exact) mass is 1240 g/mol. The Morgan fingerprint density at radius 1 is 0.864 bits per heavy atom. The molecule has 0 radical (unpaired) electrons. The quantitative estimate of drug-likeness (QED) is 0.0335. The number of benzene rings is 4. The lowest BCUT2D eigenvalue weighted by Crippen LogP contribution is -2.52. The number of carbonyl (C=O) groups is 4. The lowest BCUT2D eigenvalue weighted by Gasteiger charge is -2.42. The highest BCUT2D eigenvalue weighted by Crippen LogP contribution is 2.44. The first-order valence-corrected chi connectivity index (χ1v) is 32.4. The number of nitro benzene ring substituents is 1. The van der Waals surface area contributed by atoms with Crippen LogP contribution in [0.5, 0.6) is 17.2 Å². The molecule has 6 aliphatic rings. The highest BCUT2D eigenvalue weighted by atomic mass is 35.5. The number of halogens is 1. The maximum atomic E-state index is 14.2. The number of imide groups is 1. The molecular formula is C65H74ClN11O10S. The number of fused-ring (bicyclic) bond motifs is 2. The van der Waals surface area contributed by atoms with Gasteiger partial charge in [-0.25, -0.2) is 18.1 Å². The molecule has 88 heavy (non-hydrogen) atoms. The van der Waals surface area contributed by atoms with Crippen LogP contribution < -0.4 is 29.7 Å². The molecule has 23 heteroatoms. The first-order valence-electron chi connectivity index (χ1n) is 30.5. The summed E-state index contributed by atoms with van der Waals surface area (Å²) in [7, 11) is -4.63. The molecule has 4 fully saturated rings. The van der Waals surface area contributed by atoms with Crippen molar-refractivity contribution in [2.75, 3.05) is 88.8 Å². The minimum Gasteiger partial charge on any atom is -0.492 e. The fourth-order valence-electron chi connectivity index (χ4n) is 13.5.